The Kier molecular flexibility index (Phi) is 9.34. The molecule has 2 saturated heterocycles. The molecule has 3 N–H and O–H groups in total. The van der Waals surface area contributed by atoms with E-state index in [0.717, 1.165) is 38.9 Å². The second-order valence-electron chi connectivity index (χ2n) is 9.46. The van der Waals surface area contributed by atoms with Crippen molar-refractivity contribution in [2.24, 2.45) is 11.3 Å². The van der Waals surface area contributed by atoms with Crippen LogP contribution in [-0.4, -0.2) is 68.3 Å². The van der Waals surface area contributed by atoms with E-state index in [1.165, 1.54) is 0 Å². The van der Waals surface area contributed by atoms with Crippen molar-refractivity contribution < 1.29 is 14.3 Å². The number of hydrogen-bond donors (Lipinski definition) is 3. The van der Waals surface area contributed by atoms with Crippen molar-refractivity contribution in [1.82, 2.24) is 20.9 Å². The largest absolute Gasteiger partial charge is 0.366 e. The second kappa shape index (κ2) is 11.5. The number of carbonyl (C=O) groups excluding carboxylic acids is 2. The Morgan fingerprint density at radius 1 is 1.28 bits per heavy atom. The molecule has 2 aliphatic heterocycles. The van der Waals surface area contributed by atoms with E-state index in [4.69, 9.17) is 4.74 Å². The summed E-state index contributed by atoms with van der Waals surface area (Å²) in [5, 5.41) is 18.5. The topological polar surface area (TPSA) is 106 Å². The Labute approximate surface area is 174 Å². The molecular formula is C21H37N5O3. The first kappa shape index (κ1) is 23.6. The van der Waals surface area contributed by atoms with E-state index in [1.807, 2.05) is 20.8 Å². The summed E-state index contributed by atoms with van der Waals surface area (Å²) in [4.78, 5) is 27.5. The van der Waals surface area contributed by atoms with Crippen molar-refractivity contribution in [3.05, 3.63) is 0 Å². The SMILES string of the molecule is CC(C)(C)C[C@H](NC(=O)CN1CCCC1)C(=O)N[C@H](C#N)C[C@@H]1CCNCOC1. The van der Waals surface area contributed by atoms with E-state index in [-0.39, 0.29) is 23.1 Å². The summed E-state index contributed by atoms with van der Waals surface area (Å²) >= 11 is 0. The molecule has 29 heavy (non-hydrogen) atoms. The molecule has 8 nitrogen and oxygen atoms in total. The number of ether oxygens (including phenoxy) is 1. The zero-order chi connectivity index (χ0) is 21.3. The maximum absolute atomic E-state index is 12.9. The molecule has 8 heteroatoms. The summed E-state index contributed by atoms with van der Waals surface area (Å²) in [7, 11) is 0. The number of amides is 2. The highest BCUT2D eigenvalue weighted by Crippen LogP contribution is 2.21. The van der Waals surface area contributed by atoms with Crippen LogP contribution >= 0.6 is 0 Å². The number of carbonyl (C=O) groups is 2. The fraction of sp³-hybridized carbons (Fsp3) is 0.857. The van der Waals surface area contributed by atoms with Gasteiger partial charge in [0, 0.05) is 0 Å². The maximum Gasteiger partial charge on any atom is 0.243 e. The molecule has 2 aliphatic rings. The molecule has 2 rings (SSSR count). The van der Waals surface area contributed by atoms with Crippen LogP contribution in [0.4, 0.5) is 0 Å². The van der Waals surface area contributed by atoms with Gasteiger partial charge < -0.3 is 15.4 Å². The monoisotopic (exact) mass is 407 g/mol. The highest BCUT2D eigenvalue weighted by molar-refractivity contribution is 5.88. The number of likely N-dealkylation sites (tertiary alicyclic amines) is 1. The summed E-state index contributed by atoms with van der Waals surface area (Å²) in [5.41, 5.74) is -0.133. The summed E-state index contributed by atoms with van der Waals surface area (Å²) < 4.78 is 5.49. The molecule has 0 radical (unpaired) electrons. The van der Waals surface area contributed by atoms with E-state index in [0.29, 0.717) is 32.7 Å². The fourth-order valence-electron chi connectivity index (χ4n) is 3.90. The van der Waals surface area contributed by atoms with Crippen LogP contribution in [0.3, 0.4) is 0 Å². The Morgan fingerprint density at radius 3 is 2.66 bits per heavy atom. The normalized spacial score (nSPS) is 22.9. The molecule has 0 saturated carbocycles. The third-order valence-electron chi connectivity index (χ3n) is 5.36. The molecule has 0 aromatic rings. The van der Waals surface area contributed by atoms with Crippen molar-refractivity contribution >= 4 is 11.8 Å². The van der Waals surface area contributed by atoms with Crippen LogP contribution < -0.4 is 16.0 Å². The Bertz CT molecular complexity index is 570. The van der Waals surface area contributed by atoms with Gasteiger partial charge >= 0.3 is 0 Å². The number of nitrogens with zero attached hydrogens (tertiary/aromatic N) is 2. The van der Waals surface area contributed by atoms with Crippen LogP contribution in [0.5, 0.6) is 0 Å². The number of nitriles is 1. The van der Waals surface area contributed by atoms with Crippen molar-refractivity contribution in [2.45, 2.75) is 65.0 Å². The third-order valence-corrected chi connectivity index (χ3v) is 5.36. The van der Waals surface area contributed by atoms with E-state index >= 15 is 0 Å². The van der Waals surface area contributed by atoms with Gasteiger partial charge in [0.15, 0.2) is 0 Å². The molecule has 0 aromatic carbocycles. The van der Waals surface area contributed by atoms with Crippen LogP contribution in [0.15, 0.2) is 0 Å². The van der Waals surface area contributed by atoms with Gasteiger partial charge in [0.1, 0.15) is 12.1 Å². The highest BCUT2D eigenvalue weighted by atomic mass is 16.5. The van der Waals surface area contributed by atoms with Gasteiger partial charge in [-0.15, -0.1) is 0 Å². The molecule has 3 atom stereocenters. The van der Waals surface area contributed by atoms with Gasteiger partial charge in [0.05, 0.1) is 26.0 Å². The molecular weight excluding hydrogens is 370 g/mol. The van der Waals surface area contributed by atoms with Gasteiger partial charge in [0.25, 0.3) is 0 Å². The molecule has 0 aromatic heterocycles. The molecule has 2 heterocycles. The number of rotatable bonds is 8. The minimum atomic E-state index is -0.645. The predicted molar refractivity (Wildman–Crippen MR) is 111 cm³/mol. The van der Waals surface area contributed by atoms with Gasteiger partial charge in [-0.05, 0) is 63.1 Å². The predicted octanol–water partition coefficient (Wildman–Crippen LogP) is 0.985. The third kappa shape index (κ3) is 9.11. The molecule has 2 amide bonds. The average Bonchev–Trinajstić information content (AvgIpc) is 3.01. The van der Waals surface area contributed by atoms with Crippen LogP contribution in [0.2, 0.25) is 0 Å². The molecule has 164 valence electrons. The lowest BCUT2D eigenvalue weighted by atomic mass is 9.87. The standard InChI is InChI=1S/C21H37N5O3/c1-21(2,3)11-18(25-19(27)13-26-8-4-5-9-26)20(28)24-17(12-22)10-16-6-7-23-15-29-14-16/h16-18,23H,4-11,13-15H2,1-3H3,(H,24,28)(H,25,27)/t16-,17-,18-/m0/s1. The quantitative estimate of drug-likeness (QED) is 0.554. The summed E-state index contributed by atoms with van der Waals surface area (Å²) in [5.74, 6) is -0.192. The lowest BCUT2D eigenvalue weighted by molar-refractivity contribution is -0.130. The zero-order valence-corrected chi connectivity index (χ0v) is 18.1. The summed E-state index contributed by atoms with van der Waals surface area (Å²) in [6.07, 6.45) is 4.20. The molecule has 2 fully saturated rings. The van der Waals surface area contributed by atoms with Gasteiger partial charge in [-0.2, -0.15) is 5.26 Å². The first-order valence-corrected chi connectivity index (χ1v) is 10.8. The minimum absolute atomic E-state index is 0.131. The Morgan fingerprint density at radius 2 is 2.00 bits per heavy atom. The number of hydrogen-bond acceptors (Lipinski definition) is 6. The van der Waals surface area contributed by atoms with Crippen molar-refractivity contribution in [3.8, 4) is 6.07 Å². The van der Waals surface area contributed by atoms with E-state index in [1.54, 1.807) is 0 Å². The molecule has 0 unspecified atom stereocenters. The Hall–Kier alpha value is -1.69. The zero-order valence-electron chi connectivity index (χ0n) is 18.1. The lowest BCUT2D eigenvalue weighted by Gasteiger charge is -2.28. The Balaban J connectivity index is 1.93. The second-order valence-corrected chi connectivity index (χ2v) is 9.46. The lowest BCUT2D eigenvalue weighted by Crippen LogP contribution is -2.52. The first-order chi connectivity index (χ1) is 13.8. The maximum atomic E-state index is 12.9. The smallest absolute Gasteiger partial charge is 0.243 e. The van der Waals surface area contributed by atoms with Crippen molar-refractivity contribution in [3.63, 3.8) is 0 Å². The van der Waals surface area contributed by atoms with Crippen molar-refractivity contribution in [2.75, 3.05) is 39.5 Å². The summed E-state index contributed by atoms with van der Waals surface area (Å²) in [6.45, 7) is 10.2. The van der Waals surface area contributed by atoms with Crippen LogP contribution in [0, 0.1) is 22.7 Å². The van der Waals surface area contributed by atoms with Gasteiger partial charge in [-0.25, -0.2) is 0 Å². The minimum Gasteiger partial charge on any atom is -0.366 e. The van der Waals surface area contributed by atoms with Gasteiger partial charge in [0.2, 0.25) is 11.8 Å². The van der Waals surface area contributed by atoms with E-state index in [2.05, 4.69) is 26.9 Å². The van der Waals surface area contributed by atoms with E-state index < -0.39 is 12.1 Å². The van der Waals surface area contributed by atoms with Gasteiger partial charge in [-0.3, -0.25) is 19.8 Å². The first-order valence-electron chi connectivity index (χ1n) is 10.8. The molecule has 0 spiro atoms. The fourth-order valence-corrected chi connectivity index (χ4v) is 3.90. The average molecular weight is 408 g/mol. The molecule has 0 bridgehead atoms. The van der Waals surface area contributed by atoms with Crippen molar-refractivity contribution in [1.29, 1.82) is 5.26 Å². The summed E-state index contributed by atoms with van der Waals surface area (Å²) in [6, 6.07) is 0.966. The molecule has 0 aliphatic carbocycles. The number of nitrogens with one attached hydrogen (secondary N) is 3. The highest BCUT2D eigenvalue weighted by Gasteiger charge is 2.29. The van der Waals surface area contributed by atoms with Crippen LogP contribution in [0.25, 0.3) is 0 Å². The van der Waals surface area contributed by atoms with E-state index in [9.17, 15) is 14.9 Å². The van der Waals surface area contributed by atoms with Crippen LogP contribution in [-0.2, 0) is 14.3 Å². The van der Waals surface area contributed by atoms with Gasteiger partial charge in [-0.1, -0.05) is 20.8 Å². The van der Waals surface area contributed by atoms with Crippen LogP contribution in [0.1, 0.15) is 52.9 Å².